The van der Waals surface area contributed by atoms with Crippen LogP contribution >= 0.6 is 0 Å². The van der Waals surface area contributed by atoms with Gasteiger partial charge in [0.15, 0.2) is 5.75 Å². The lowest BCUT2D eigenvalue weighted by Crippen LogP contribution is -2.45. The van der Waals surface area contributed by atoms with E-state index in [1.165, 1.54) is 12.1 Å². The van der Waals surface area contributed by atoms with E-state index in [0.717, 1.165) is 12.1 Å². The molecule has 0 amide bonds. The van der Waals surface area contributed by atoms with Crippen LogP contribution in [0.3, 0.4) is 0 Å². The lowest BCUT2D eigenvalue weighted by Gasteiger charge is -2.32. The van der Waals surface area contributed by atoms with Crippen LogP contribution in [0.25, 0.3) is 0 Å². The maximum absolute atomic E-state index is 12.7. The van der Waals surface area contributed by atoms with E-state index >= 15 is 0 Å². The number of nitrogens with zero attached hydrogens (tertiary/aromatic N) is 2. The Bertz CT molecular complexity index is 692. The zero-order valence-corrected chi connectivity index (χ0v) is 12.5. The highest BCUT2D eigenvalue weighted by molar-refractivity contribution is 7.84. The fourth-order valence-electron chi connectivity index (χ4n) is 2.24. The second kappa shape index (κ2) is 6.32. The standard InChI is InChI=1S/C12H13F3N2O5S/c13-12(14,15)9-3-2-6-16(8-9)23(20,21)22-11-5-1-4-10(7-11)17(18)19/h1,4-5,7,9H,2-3,6,8H2/t9-/m0/s1. The number of nitro benzene ring substituents is 1. The van der Waals surface area contributed by atoms with Gasteiger partial charge in [-0.25, -0.2) is 0 Å². The average Bonchev–Trinajstić information content (AvgIpc) is 2.46. The van der Waals surface area contributed by atoms with Crippen LogP contribution in [-0.2, 0) is 10.3 Å². The molecule has 128 valence electrons. The van der Waals surface area contributed by atoms with Crippen molar-refractivity contribution in [3.8, 4) is 5.75 Å². The predicted octanol–water partition coefficient (Wildman–Crippen LogP) is 2.49. The number of alkyl halides is 3. The van der Waals surface area contributed by atoms with Crippen molar-refractivity contribution in [3.63, 3.8) is 0 Å². The molecule has 23 heavy (non-hydrogen) atoms. The minimum Gasteiger partial charge on any atom is -0.370 e. The highest BCUT2D eigenvalue weighted by Gasteiger charge is 2.44. The summed E-state index contributed by atoms with van der Waals surface area (Å²) in [7, 11) is -4.46. The van der Waals surface area contributed by atoms with Crippen LogP contribution < -0.4 is 4.18 Å². The topological polar surface area (TPSA) is 89.7 Å². The largest absolute Gasteiger partial charge is 0.393 e. The average molecular weight is 354 g/mol. The van der Waals surface area contributed by atoms with Gasteiger partial charge in [-0.3, -0.25) is 10.1 Å². The normalized spacial score (nSPS) is 20.2. The fourth-order valence-corrected chi connectivity index (χ4v) is 3.40. The van der Waals surface area contributed by atoms with Crippen LogP contribution in [0.15, 0.2) is 24.3 Å². The van der Waals surface area contributed by atoms with Gasteiger partial charge in [-0.1, -0.05) is 6.07 Å². The van der Waals surface area contributed by atoms with Crippen molar-refractivity contribution >= 4 is 16.0 Å². The summed E-state index contributed by atoms with van der Waals surface area (Å²) >= 11 is 0. The van der Waals surface area contributed by atoms with E-state index in [-0.39, 0.29) is 30.8 Å². The third-order valence-electron chi connectivity index (χ3n) is 3.39. The summed E-state index contributed by atoms with van der Waals surface area (Å²) in [4.78, 5) is 9.90. The lowest BCUT2D eigenvalue weighted by atomic mass is 9.99. The minimum absolute atomic E-state index is 0.0572. The van der Waals surface area contributed by atoms with Crippen molar-refractivity contribution in [2.45, 2.75) is 19.0 Å². The van der Waals surface area contributed by atoms with Crippen LogP contribution in [0.5, 0.6) is 5.75 Å². The van der Waals surface area contributed by atoms with Gasteiger partial charge in [0.05, 0.1) is 16.9 Å². The van der Waals surface area contributed by atoms with Gasteiger partial charge in [-0.2, -0.15) is 25.9 Å². The molecule has 1 aromatic carbocycles. The fraction of sp³-hybridized carbons (Fsp3) is 0.500. The Balaban J connectivity index is 2.15. The summed E-state index contributed by atoms with van der Waals surface area (Å²) in [6.45, 7) is -0.815. The molecule has 0 bridgehead atoms. The molecule has 1 saturated heterocycles. The molecule has 1 atom stereocenters. The number of non-ortho nitro benzene ring substituents is 1. The van der Waals surface area contributed by atoms with E-state index in [1.54, 1.807) is 0 Å². The molecule has 0 N–H and O–H groups in total. The van der Waals surface area contributed by atoms with Gasteiger partial charge in [0.1, 0.15) is 0 Å². The van der Waals surface area contributed by atoms with Crippen molar-refractivity contribution in [2.75, 3.05) is 13.1 Å². The molecule has 1 aliphatic heterocycles. The van der Waals surface area contributed by atoms with Gasteiger partial charge >= 0.3 is 16.5 Å². The van der Waals surface area contributed by atoms with Crippen LogP contribution in [0, 0.1) is 16.0 Å². The molecule has 1 aliphatic rings. The molecule has 0 spiro atoms. The number of rotatable bonds is 4. The summed E-state index contributed by atoms with van der Waals surface area (Å²) in [5.41, 5.74) is -0.385. The lowest BCUT2D eigenvalue weighted by molar-refractivity contribution is -0.384. The molecular weight excluding hydrogens is 341 g/mol. The van der Waals surface area contributed by atoms with E-state index in [2.05, 4.69) is 0 Å². The Morgan fingerprint density at radius 3 is 2.65 bits per heavy atom. The number of hydrogen-bond donors (Lipinski definition) is 0. The van der Waals surface area contributed by atoms with Gasteiger partial charge in [0, 0.05) is 19.2 Å². The van der Waals surface area contributed by atoms with E-state index in [4.69, 9.17) is 4.18 Å². The smallest absolute Gasteiger partial charge is 0.370 e. The molecule has 1 aromatic rings. The van der Waals surface area contributed by atoms with Crippen LogP contribution in [0.1, 0.15) is 12.8 Å². The first-order chi connectivity index (χ1) is 10.6. The predicted molar refractivity (Wildman–Crippen MR) is 73.0 cm³/mol. The maximum atomic E-state index is 12.7. The molecule has 11 heteroatoms. The zero-order chi connectivity index (χ0) is 17.3. The van der Waals surface area contributed by atoms with E-state index in [0.29, 0.717) is 4.31 Å². The molecule has 0 aromatic heterocycles. The summed E-state index contributed by atoms with van der Waals surface area (Å²) in [6.07, 6.45) is -4.58. The van der Waals surface area contributed by atoms with E-state index in [9.17, 15) is 31.7 Å². The van der Waals surface area contributed by atoms with Gasteiger partial charge in [0.25, 0.3) is 5.69 Å². The van der Waals surface area contributed by atoms with Crippen molar-refractivity contribution in [1.29, 1.82) is 0 Å². The monoisotopic (exact) mass is 354 g/mol. The third kappa shape index (κ3) is 4.32. The first-order valence-electron chi connectivity index (χ1n) is 6.60. The zero-order valence-electron chi connectivity index (χ0n) is 11.7. The molecule has 0 radical (unpaired) electrons. The van der Waals surface area contributed by atoms with Crippen LogP contribution in [-0.4, -0.2) is 36.9 Å². The highest BCUT2D eigenvalue weighted by Crippen LogP contribution is 2.34. The number of piperidine rings is 1. The number of benzene rings is 1. The molecule has 2 rings (SSSR count). The second-order valence-electron chi connectivity index (χ2n) is 5.03. The number of halogens is 3. The second-order valence-corrected chi connectivity index (χ2v) is 6.57. The Morgan fingerprint density at radius 2 is 2.04 bits per heavy atom. The molecule has 1 fully saturated rings. The molecule has 0 saturated carbocycles. The first-order valence-corrected chi connectivity index (χ1v) is 7.97. The Hall–Kier alpha value is -1.88. The summed E-state index contributed by atoms with van der Waals surface area (Å²) in [5.74, 6) is -2.08. The Morgan fingerprint density at radius 1 is 1.35 bits per heavy atom. The van der Waals surface area contributed by atoms with Gasteiger partial charge in [-0.05, 0) is 18.9 Å². The van der Waals surface area contributed by atoms with Crippen molar-refractivity contribution in [3.05, 3.63) is 34.4 Å². The number of nitro groups is 1. The van der Waals surface area contributed by atoms with E-state index < -0.39 is 33.9 Å². The SMILES string of the molecule is O=[N+]([O-])c1cccc(OS(=O)(=O)N2CCC[C@H](C(F)(F)F)C2)c1. The van der Waals surface area contributed by atoms with Gasteiger partial charge < -0.3 is 4.18 Å². The van der Waals surface area contributed by atoms with Crippen LogP contribution in [0.4, 0.5) is 18.9 Å². The first kappa shape index (κ1) is 17.5. The highest BCUT2D eigenvalue weighted by atomic mass is 32.2. The molecule has 0 aliphatic carbocycles. The third-order valence-corrected chi connectivity index (χ3v) is 4.76. The van der Waals surface area contributed by atoms with Gasteiger partial charge in [0.2, 0.25) is 0 Å². The molecule has 0 unspecified atom stereocenters. The van der Waals surface area contributed by atoms with Gasteiger partial charge in [-0.15, -0.1) is 0 Å². The quantitative estimate of drug-likeness (QED) is 0.612. The van der Waals surface area contributed by atoms with Crippen molar-refractivity contribution in [1.82, 2.24) is 4.31 Å². The van der Waals surface area contributed by atoms with Crippen molar-refractivity contribution in [2.24, 2.45) is 5.92 Å². The maximum Gasteiger partial charge on any atom is 0.393 e. The molecule has 7 nitrogen and oxygen atoms in total. The summed E-state index contributed by atoms with van der Waals surface area (Å²) in [6, 6.07) is 4.43. The molecule has 1 heterocycles. The Labute approximate surface area is 130 Å². The van der Waals surface area contributed by atoms with E-state index in [1.807, 2.05) is 0 Å². The number of hydrogen-bond acceptors (Lipinski definition) is 5. The minimum atomic E-state index is -4.49. The molecular formula is C12H13F3N2O5S. The summed E-state index contributed by atoms with van der Waals surface area (Å²) in [5, 5.41) is 10.6. The van der Waals surface area contributed by atoms with Crippen molar-refractivity contribution < 1.29 is 30.7 Å². The van der Waals surface area contributed by atoms with Crippen LogP contribution in [0.2, 0.25) is 0 Å². The Kier molecular flexibility index (Phi) is 4.80. The summed E-state index contributed by atoms with van der Waals surface area (Å²) < 4.78 is 67.7.